The molecule has 1 aromatic carbocycles. The third-order valence-electron chi connectivity index (χ3n) is 4.22. The number of hydrogen-bond donors (Lipinski definition) is 4. The lowest BCUT2D eigenvalue weighted by Crippen LogP contribution is -2.19. The minimum absolute atomic E-state index is 0.0144. The molecule has 0 atom stereocenters. The van der Waals surface area contributed by atoms with Gasteiger partial charge in [0.15, 0.2) is 0 Å². The maximum absolute atomic E-state index is 12.0. The summed E-state index contributed by atoms with van der Waals surface area (Å²) in [6, 6.07) is 5.54. The standard InChI is InChI=1S/C18H25N3O4/c22-16(6-4-2-1-3-5-7-18(24)21-25)19-14-9-10-15-13(12-14)8-11-17(23)20-15/h9-10,12,25H,1-8,11H2,(H,19,22)(H,20,23)(H,21,24). The van der Waals surface area contributed by atoms with Gasteiger partial charge in [-0.05, 0) is 43.0 Å². The molecule has 1 heterocycles. The van der Waals surface area contributed by atoms with Crippen molar-refractivity contribution in [2.45, 2.75) is 57.8 Å². The second-order valence-electron chi connectivity index (χ2n) is 6.27. The molecule has 0 bridgehead atoms. The lowest BCUT2D eigenvalue weighted by molar-refractivity contribution is -0.129. The first kappa shape index (κ1) is 18.9. The van der Waals surface area contributed by atoms with Crippen LogP contribution in [0.4, 0.5) is 11.4 Å². The number of rotatable bonds is 9. The molecule has 0 saturated heterocycles. The lowest BCUT2D eigenvalue weighted by atomic mass is 10.0. The highest BCUT2D eigenvalue weighted by Gasteiger charge is 2.15. The average molecular weight is 347 g/mol. The van der Waals surface area contributed by atoms with Crippen molar-refractivity contribution in [2.75, 3.05) is 10.6 Å². The summed E-state index contributed by atoms with van der Waals surface area (Å²) in [4.78, 5) is 34.2. The van der Waals surface area contributed by atoms with E-state index in [1.54, 1.807) is 11.5 Å². The normalized spacial score (nSPS) is 12.9. The van der Waals surface area contributed by atoms with Crippen LogP contribution in [0.3, 0.4) is 0 Å². The van der Waals surface area contributed by atoms with Crippen LogP contribution >= 0.6 is 0 Å². The predicted molar refractivity (Wildman–Crippen MR) is 94.3 cm³/mol. The van der Waals surface area contributed by atoms with E-state index in [2.05, 4.69) is 10.6 Å². The van der Waals surface area contributed by atoms with Crippen molar-refractivity contribution in [1.82, 2.24) is 5.48 Å². The highest BCUT2D eigenvalue weighted by Crippen LogP contribution is 2.25. The summed E-state index contributed by atoms with van der Waals surface area (Å²) in [5.41, 5.74) is 4.24. The molecule has 7 nitrogen and oxygen atoms in total. The van der Waals surface area contributed by atoms with E-state index in [4.69, 9.17) is 5.21 Å². The van der Waals surface area contributed by atoms with E-state index in [1.165, 1.54) is 0 Å². The van der Waals surface area contributed by atoms with Crippen molar-refractivity contribution in [3.8, 4) is 0 Å². The number of hydrogen-bond acceptors (Lipinski definition) is 4. The van der Waals surface area contributed by atoms with Gasteiger partial charge in [0.1, 0.15) is 0 Å². The number of benzene rings is 1. The van der Waals surface area contributed by atoms with Crippen LogP contribution in [0.15, 0.2) is 18.2 Å². The highest BCUT2D eigenvalue weighted by molar-refractivity contribution is 5.95. The molecule has 0 radical (unpaired) electrons. The largest absolute Gasteiger partial charge is 0.326 e. The lowest BCUT2D eigenvalue weighted by Gasteiger charge is -2.17. The van der Waals surface area contributed by atoms with Crippen molar-refractivity contribution < 1.29 is 19.6 Å². The Morgan fingerprint density at radius 2 is 1.68 bits per heavy atom. The quantitative estimate of drug-likeness (QED) is 0.313. The highest BCUT2D eigenvalue weighted by atomic mass is 16.5. The van der Waals surface area contributed by atoms with E-state index in [-0.39, 0.29) is 17.7 Å². The number of unbranched alkanes of at least 4 members (excludes halogenated alkanes) is 4. The fraction of sp³-hybridized carbons (Fsp3) is 0.500. The van der Waals surface area contributed by atoms with Crippen molar-refractivity contribution in [1.29, 1.82) is 0 Å². The topological polar surface area (TPSA) is 108 Å². The Morgan fingerprint density at radius 1 is 1.00 bits per heavy atom. The molecular weight excluding hydrogens is 322 g/mol. The Labute approximate surface area is 147 Å². The number of hydroxylamine groups is 1. The molecule has 0 unspecified atom stereocenters. The van der Waals surface area contributed by atoms with Crippen LogP contribution in [-0.4, -0.2) is 22.9 Å². The van der Waals surface area contributed by atoms with E-state index >= 15 is 0 Å². The first-order valence-electron chi connectivity index (χ1n) is 8.74. The first-order chi connectivity index (χ1) is 12.1. The van der Waals surface area contributed by atoms with Crippen LogP contribution in [0.1, 0.15) is 56.9 Å². The molecule has 0 spiro atoms. The first-order valence-corrected chi connectivity index (χ1v) is 8.74. The van der Waals surface area contributed by atoms with Gasteiger partial charge in [0.05, 0.1) is 0 Å². The number of fused-ring (bicyclic) bond motifs is 1. The second kappa shape index (κ2) is 9.78. The fourth-order valence-corrected chi connectivity index (χ4v) is 2.84. The zero-order chi connectivity index (χ0) is 18.1. The number of nitrogens with one attached hydrogen (secondary N) is 3. The molecule has 3 amide bonds. The average Bonchev–Trinajstić information content (AvgIpc) is 2.60. The van der Waals surface area contributed by atoms with Crippen LogP contribution in [0, 0.1) is 0 Å². The maximum Gasteiger partial charge on any atom is 0.243 e. The third kappa shape index (κ3) is 6.54. The van der Waals surface area contributed by atoms with E-state index < -0.39 is 0 Å². The Morgan fingerprint density at radius 3 is 2.40 bits per heavy atom. The molecule has 0 saturated carbocycles. The van der Waals surface area contributed by atoms with Crippen LogP contribution in [0.5, 0.6) is 0 Å². The van der Waals surface area contributed by atoms with Gasteiger partial charge in [0.2, 0.25) is 17.7 Å². The molecule has 136 valence electrons. The Balaban J connectivity index is 1.62. The smallest absolute Gasteiger partial charge is 0.243 e. The van der Waals surface area contributed by atoms with E-state index in [1.807, 2.05) is 12.1 Å². The number of carbonyl (C=O) groups is 3. The van der Waals surface area contributed by atoms with Gasteiger partial charge in [-0.15, -0.1) is 0 Å². The SMILES string of the molecule is O=C(CCCCCCCC(=O)Nc1ccc2c(c1)CCC(=O)N2)NO. The van der Waals surface area contributed by atoms with Gasteiger partial charge in [-0.3, -0.25) is 19.6 Å². The maximum atomic E-state index is 12.0. The van der Waals surface area contributed by atoms with Crippen LogP contribution in [0.25, 0.3) is 0 Å². The van der Waals surface area contributed by atoms with Crippen LogP contribution < -0.4 is 16.1 Å². The van der Waals surface area contributed by atoms with Gasteiger partial charge >= 0.3 is 0 Å². The Kier molecular flexibility index (Phi) is 7.40. The van der Waals surface area contributed by atoms with Crippen molar-refractivity contribution in [3.05, 3.63) is 23.8 Å². The van der Waals surface area contributed by atoms with Gasteiger partial charge in [-0.2, -0.15) is 0 Å². The summed E-state index contributed by atoms with van der Waals surface area (Å²) in [5.74, 6) is -0.343. The molecule has 25 heavy (non-hydrogen) atoms. The van der Waals surface area contributed by atoms with Crippen LogP contribution in [0.2, 0.25) is 0 Å². The summed E-state index contributed by atoms with van der Waals surface area (Å²) in [6.07, 6.45) is 6.31. The van der Waals surface area contributed by atoms with Crippen molar-refractivity contribution >= 4 is 29.1 Å². The molecule has 2 rings (SSSR count). The van der Waals surface area contributed by atoms with Gasteiger partial charge < -0.3 is 10.6 Å². The summed E-state index contributed by atoms with van der Waals surface area (Å²) in [6.45, 7) is 0. The summed E-state index contributed by atoms with van der Waals surface area (Å²) in [7, 11) is 0. The minimum atomic E-state index is -0.357. The Bertz CT molecular complexity index is 631. The molecule has 0 fully saturated rings. The van der Waals surface area contributed by atoms with Crippen molar-refractivity contribution in [2.24, 2.45) is 0 Å². The van der Waals surface area contributed by atoms with Crippen LogP contribution in [-0.2, 0) is 20.8 Å². The van der Waals surface area contributed by atoms with Gasteiger partial charge in [0, 0.05) is 30.6 Å². The monoisotopic (exact) mass is 347 g/mol. The fourth-order valence-electron chi connectivity index (χ4n) is 2.84. The molecule has 0 aliphatic carbocycles. The molecule has 7 heteroatoms. The molecule has 1 aliphatic rings. The van der Waals surface area contributed by atoms with Gasteiger partial charge in [-0.1, -0.05) is 19.3 Å². The number of aryl methyl sites for hydroxylation is 1. The molecule has 1 aromatic rings. The zero-order valence-electron chi connectivity index (χ0n) is 14.3. The third-order valence-corrected chi connectivity index (χ3v) is 4.22. The molecular formula is C18H25N3O4. The zero-order valence-corrected chi connectivity index (χ0v) is 14.3. The summed E-state index contributed by atoms with van der Waals surface area (Å²) >= 11 is 0. The van der Waals surface area contributed by atoms with E-state index in [9.17, 15) is 14.4 Å². The van der Waals surface area contributed by atoms with E-state index in [0.29, 0.717) is 25.7 Å². The van der Waals surface area contributed by atoms with Crippen molar-refractivity contribution in [3.63, 3.8) is 0 Å². The molecule has 0 aromatic heterocycles. The number of carbonyl (C=O) groups excluding carboxylic acids is 3. The van der Waals surface area contributed by atoms with Gasteiger partial charge in [0.25, 0.3) is 0 Å². The van der Waals surface area contributed by atoms with Gasteiger partial charge in [-0.25, -0.2) is 5.48 Å². The molecule has 1 aliphatic heterocycles. The molecule has 4 N–H and O–H groups in total. The summed E-state index contributed by atoms with van der Waals surface area (Å²) in [5, 5.41) is 14.1. The number of anilines is 2. The Hall–Kier alpha value is -2.41. The predicted octanol–water partition coefficient (Wildman–Crippen LogP) is 2.75. The number of amides is 3. The van der Waals surface area contributed by atoms with E-state index in [0.717, 1.165) is 49.0 Å². The summed E-state index contributed by atoms with van der Waals surface area (Å²) < 4.78 is 0. The minimum Gasteiger partial charge on any atom is -0.326 e. The second-order valence-corrected chi connectivity index (χ2v) is 6.27.